The van der Waals surface area contributed by atoms with Gasteiger partial charge in [-0.1, -0.05) is 24.3 Å². The van der Waals surface area contributed by atoms with E-state index >= 15 is 0 Å². The van der Waals surface area contributed by atoms with E-state index in [1.165, 1.54) is 4.57 Å². The van der Waals surface area contributed by atoms with Crippen LogP contribution >= 0.6 is 11.3 Å². The molecule has 0 aliphatic carbocycles. The quantitative estimate of drug-likeness (QED) is 0.568. The van der Waals surface area contributed by atoms with Gasteiger partial charge in [-0.3, -0.25) is 9.36 Å². The number of aromatic nitrogens is 2. The van der Waals surface area contributed by atoms with Gasteiger partial charge in [-0.15, -0.1) is 11.3 Å². The van der Waals surface area contributed by atoms with E-state index in [0.29, 0.717) is 30.6 Å². The lowest BCUT2D eigenvalue weighted by atomic mass is 10.3. The number of fused-ring (bicyclic) bond motifs is 2. The summed E-state index contributed by atoms with van der Waals surface area (Å²) in [6, 6.07) is 15.2. The van der Waals surface area contributed by atoms with Crippen LogP contribution in [-0.2, 0) is 17.8 Å². The van der Waals surface area contributed by atoms with Crippen LogP contribution in [0, 0.1) is 0 Å². The van der Waals surface area contributed by atoms with Crippen molar-refractivity contribution in [2.24, 2.45) is 0 Å². The highest BCUT2D eigenvalue weighted by Crippen LogP contribution is 2.21. The molecule has 4 rings (SSSR count). The zero-order valence-electron chi connectivity index (χ0n) is 14.0. The number of hydrogen-bond acceptors (Lipinski definition) is 5. The molecule has 132 valence electrons. The summed E-state index contributed by atoms with van der Waals surface area (Å²) in [5.41, 5.74) is 2.23. The molecule has 0 fully saturated rings. The summed E-state index contributed by atoms with van der Waals surface area (Å²) in [7, 11) is 0. The molecule has 0 radical (unpaired) electrons. The fraction of sp³-hybridized carbons (Fsp3) is 0.211. The Hall–Kier alpha value is -2.93. The molecular formula is C19H17N3O3S. The smallest absolute Gasteiger partial charge is 0.408 e. The van der Waals surface area contributed by atoms with Crippen LogP contribution in [0.25, 0.3) is 21.3 Å². The first kappa shape index (κ1) is 16.5. The molecule has 2 heterocycles. The first-order valence-corrected chi connectivity index (χ1v) is 9.22. The predicted octanol–water partition coefficient (Wildman–Crippen LogP) is 2.95. The molecule has 2 aromatic carbocycles. The Morgan fingerprint density at radius 3 is 2.85 bits per heavy atom. The van der Waals surface area contributed by atoms with Gasteiger partial charge in [0.1, 0.15) is 0 Å². The number of benzene rings is 2. The van der Waals surface area contributed by atoms with Crippen LogP contribution in [0.3, 0.4) is 0 Å². The Kier molecular flexibility index (Phi) is 4.53. The number of aryl methyl sites for hydroxylation is 1. The van der Waals surface area contributed by atoms with Gasteiger partial charge in [0.05, 0.1) is 20.7 Å². The molecule has 0 bridgehead atoms. The minimum absolute atomic E-state index is 0.0942. The Balaban J connectivity index is 1.31. The molecule has 0 aliphatic rings. The molecule has 6 nitrogen and oxygen atoms in total. The Bertz CT molecular complexity index is 1090. The summed E-state index contributed by atoms with van der Waals surface area (Å²) in [4.78, 5) is 28.5. The van der Waals surface area contributed by atoms with Crippen molar-refractivity contribution >= 4 is 38.6 Å². The summed E-state index contributed by atoms with van der Waals surface area (Å²) in [5, 5.41) is 3.89. The molecule has 7 heteroatoms. The summed E-state index contributed by atoms with van der Waals surface area (Å²) >= 11 is 1.64. The second-order valence-electron chi connectivity index (χ2n) is 5.91. The number of rotatable bonds is 6. The molecule has 0 spiro atoms. The summed E-state index contributed by atoms with van der Waals surface area (Å²) in [6.07, 6.45) is 0.920. The Labute approximate surface area is 153 Å². The van der Waals surface area contributed by atoms with E-state index in [0.717, 1.165) is 15.2 Å². The molecule has 0 saturated carbocycles. The first-order valence-electron chi connectivity index (χ1n) is 8.40. The molecule has 4 aromatic rings. The fourth-order valence-corrected chi connectivity index (χ4v) is 3.83. The van der Waals surface area contributed by atoms with Gasteiger partial charge < -0.3 is 9.73 Å². The minimum Gasteiger partial charge on any atom is -0.408 e. The van der Waals surface area contributed by atoms with Crippen LogP contribution in [0.1, 0.15) is 11.4 Å². The van der Waals surface area contributed by atoms with Crippen molar-refractivity contribution in [1.29, 1.82) is 0 Å². The van der Waals surface area contributed by atoms with Crippen LogP contribution in [0.15, 0.2) is 57.7 Å². The first-order chi connectivity index (χ1) is 12.7. The largest absolute Gasteiger partial charge is 0.419 e. The monoisotopic (exact) mass is 367 g/mol. The number of hydrogen-bond donors (Lipinski definition) is 1. The zero-order valence-corrected chi connectivity index (χ0v) is 14.8. The summed E-state index contributed by atoms with van der Waals surface area (Å²) in [6.45, 7) is 0.822. The van der Waals surface area contributed by atoms with Gasteiger partial charge in [-0.2, -0.15) is 0 Å². The maximum atomic E-state index is 12.1. The molecular weight excluding hydrogens is 350 g/mol. The lowest BCUT2D eigenvalue weighted by Gasteiger charge is -2.04. The Morgan fingerprint density at radius 2 is 1.96 bits per heavy atom. The number of carbonyl (C=O) groups excluding carboxylic acids is 1. The van der Waals surface area contributed by atoms with E-state index in [2.05, 4.69) is 10.3 Å². The number of nitrogens with zero attached hydrogens (tertiary/aromatic N) is 2. The molecule has 1 N–H and O–H groups in total. The van der Waals surface area contributed by atoms with Crippen molar-refractivity contribution in [1.82, 2.24) is 14.9 Å². The average molecular weight is 367 g/mol. The number of nitrogens with one attached hydrogen (secondary N) is 1. The molecule has 1 amide bonds. The lowest BCUT2D eigenvalue weighted by Crippen LogP contribution is -2.27. The molecule has 0 aliphatic heterocycles. The van der Waals surface area contributed by atoms with Gasteiger partial charge in [0.2, 0.25) is 5.91 Å². The lowest BCUT2D eigenvalue weighted by molar-refractivity contribution is -0.121. The van der Waals surface area contributed by atoms with Gasteiger partial charge in [0.25, 0.3) is 0 Å². The van der Waals surface area contributed by atoms with Gasteiger partial charge in [0.15, 0.2) is 5.58 Å². The molecule has 0 unspecified atom stereocenters. The van der Waals surface area contributed by atoms with Crippen LogP contribution in [0.4, 0.5) is 0 Å². The number of amides is 1. The number of para-hydroxylation sites is 3. The van der Waals surface area contributed by atoms with E-state index in [1.54, 1.807) is 17.4 Å². The SMILES string of the molecule is O=C(CCn1c(=O)oc2ccccc21)NCCc1nc2ccccc2s1. The predicted molar refractivity (Wildman–Crippen MR) is 101 cm³/mol. The topological polar surface area (TPSA) is 77.1 Å². The third kappa shape index (κ3) is 3.39. The normalized spacial score (nSPS) is 11.2. The average Bonchev–Trinajstić information content (AvgIpc) is 3.19. The zero-order chi connectivity index (χ0) is 17.9. The van der Waals surface area contributed by atoms with Crippen molar-refractivity contribution in [2.45, 2.75) is 19.4 Å². The van der Waals surface area contributed by atoms with Gasteiger partial charge >= 0.3 is 5.76 Å². The second-order valence-corrected chi connectivity index (χ2v) is 7.03. The molecule has 0 atom stereocenters. The van der Waals surface area contributed by atoms with Gasteiger partial charge in [-0.25, -0.2) is 9.78 Å². The van der Waals surface area contributed by atoms with Crippen molar-refractivity contribution < 1.29 is 9.21 Å². The van der Waals surface area contributed by atoms with Crippen molar-refractivity contribution in [2.75, 3.05) is 6.54 Å². The van der Waals surface area contributed by atoms with E-state index in [4.69, 9.17) is 4.42 Å². The van der Waals surface area contributed by atoms with Crippen LogP contribution < -0.4 is 11.1 Å². The highest BCUT2D eigenvalue weighted by molar-refractivity contribution is 7.18. The summed E-state index contributed by atoms with van der Waals surface area (Å²) in [5.74, 6) is -0.531. The van der Waals surface area contributed by atoms with Gasteiger partial charge in [0, 0.05) is 25.9 Å². The maximum Gasteiger partial charge on any atom is 0.419 e. The van der Waals surface area contributed by atoms with Crippen molar-refractivity contribution in [3.8, 4) is 0 Å². The molecule has 26 heavy (non-hydrogen) atoms. The fourth-order valence-electron chi connectivity index (χ4n) is 2.86. The highest BCUT2D eigenvalue weighted by Gasteiger charge is 2.10. The van der Waals surface area contributed by atoms with Crippen LogP contribution in [0.2, 0.25) is 0 Å². The van der Waals surface area contributed by atoms with E-state index in [-0.39, 0.29) is 12.3 Å². The van der Waals surface area contributed by atoms with Crippen LogP contribution in [-0.4, -0.2) is 22.0 Å². The van der Waals surface area contributed by atoms with Crippen molar-refractivity contribution in [3.05, 3.63) is 64.1 Å². The molecule has 0 saturated heterocycles. The van der Waals surface area contributed by atoms with E-state index < -0.39 is 5.76 Å². The van der Waals surface area contributed by atoms with Crippen molar-refractivity contribution in [3.63, 3.8) is 0 Å². The molecule has 2 aromatic heterocycles. The summed E-state index contributed by atoms with van der Waals surface area (Å²) < 4.78 is 7.81. The third-order valence-corrected chi connectivity index (χ3v) is 5.23. The van der Waals surface area contributed by atoms with E-state index in [9.17, 15) is 9.59 Å². The number of thiazole rings is 1. The standard InChI is InChI=1S/C19H17N3O3S/c23-17(10-12-22-14-6-2-3-7-15(14)25-19(22)24)20-11-9-18-21-13-5-1-4-8-16(13)26-18/h1-8H,9-12H2,(H,20,23). The van der Waals surface area contributed by atoms with Crippen LogP contribution in [0.5, 0.6) is 0 Å². The third-order valence-electron chi connectivity index (χ3n) is 4.14. The maximum absolute atomic E-state index is 12.1. The minimum atomic E-state index is -0.437. The number of oxazole rings is 1. The number of carbonyl (C=O) groups is 1. The van der Waals surface area contributed by atoms with E-state index in [1.807, 2.05) is 42.5 Å². The van der Waals surface area contributed by atoms with Gasteiger partial charge in [-0.05, 0) is 24.3 Å². The second kappa shape index (κ2) is 7.13. The highest BCUT2D eigenvalue weighted by atomic mass is 32.1. The Morgan fingerprint density at radius 1 is 1.15 bits per heavy atom.